The Morgan fingerprint density at radius 3 is 2.92 bits per heavy atom. The minimum Gasteiger partial charge on any atom is -0.365 e. The second kappa shape index (κ2) is 6.00. The molecule has 8 heteroatoms. The number of amidine groups is 1. The van der Waals surface area contributed by atoms with Gasteiger partial charge in [0, 0.05) is 11.6 Å². The number of allylic oxidation sites excluding steroid dienone is 1. The number of hydrazine groups is 1. The SMILES string of the molecule is C=[N+]1NC(C#Cc2cc3ncn(C4CC4)c3cc2Cl)=C(C(N)=O)C1=NC. The topological polar surface area (TPSA) is 88.3 Å². The highest BCUT2D eigenvalue weighted by Crippen LogP contribution is 2.37. The molecule has 4 rings (SSSR count). The minimum atomic E-state index is -0.627. The average Bonchev–Trinajstić information content (AvgIpc) is 3.28. The number of benzene rings is 1. The summed E-state index contributed by atoms with van der Waals surface area (Å²) in [4.78, 5) is 20.2. The predicted octanol–water partition coefficient (Wildman–Crippen LogP) is 1.38. The number of nitrogens with one attached hydrogen (secondary N) is 1. The molecule has 26 heavy (non-hydrogen) atoms. The van der Waals surface area contributed by atoms with E-state index in [1.807, 2.05) is 18.5 Å². The summed E-state index contributed by atoms with van der Waals surface area (Å²) in [5.74, 6) is 5.60. The molecule has 2 aliphatic rings. The first kappa shape index (κ1) is 16.4. The predicted molar refractivity (Wildman–Crippen MR) is 100.0 cm³/mol. The molecule has 0 spiro atoms. The van der Waals surface area contributed by atoms with Crippen LogP contribution in [0.25, 0.3) is 11.0 Å². The van der Waals surface area contributed by atoms with Crippen LogP contribution in [0.1, 0.15) is 24.4 Å². The normalized spacial score (nSPS) is 18.2. The maximum atomic E-state index is 11.7. The summed E-state index contributed by atoms with van der Waals surface area (Å²) in [6, 6.07) is 4.25. The number of carbonyl (C=O) groups excluding carboxylic acids is 1. The molecule has 0 saturated heterocycles. The maximum absolute atomic E-state index is 11.7. The van der Waals surface area contributed by atoms with Crippen molar-refractivity contribution in [1.82, 2.24) is 15.0 Å². The molecular formula is C18H16ClN6O+. The Kier molecular flexibility index (Phi) is 3.78. The van der Waals surface area contributed by atoms with Crippen molar-refractivity contribution in [2.75, 3.05) is 7.05 Å². The van der Waals surface area contributed by atoms with Crippen LogP contribution in [0.15, 0.2) is 34.7 Å². The second-order valence-corrected chi connectivity index (χ2v) is 6.56. The van der Waals surface area contributed by atoms with Gasteiger partial charge in [0.25, 0.3) is 5.91 Å². The molecule has 7 nitrogen and oxygen atoms in total. The summed E-state index contributed by atoms with van der Waals surface area (Å²) in [6.07, 6.45) is 4.18. The van der Waals surface area contributed by atoms with Crippen molar-refractivity contribution in [3.05, 3.63) is 40.3 Å². The Balaban J connectivity index is 1.76. The molecule has 1 aromatic heterocycles. The van der Waals surface area contributed by atoms with Crippen molar-refractivity contribution in [2.24, 2.45) is 10.7 Å². The molecule has 3 N–H and O–H groups in total. The molecule has 1 fully saturated rings. The van der Waals surface area contributed by atoms with Gasteiger partial charge in [0.15, 0.2) is 5.57 Å². The summed E-state index contributed by atoms with van der Waals surface area (Å²) in [5.41, 5.74) is 11.3. The number of nitrogens with two attached hydrogens (primary N) is 1. The van der Waals surface area contributed by atoms with Crippen molar-refractivity contribution in [2.45, 2.75) is 18.9 Å². The monoisotopic (exact) mass is 367 g/mol. The number of hydrogen-bond donors (Lipinski definition) is 2. The maximum Gasteiger partial charge on any atom is 0.355 e. The third-order valence-corrected chi connectivity index (χ3v) is 4.67. The van der Waals surface area contributed by atoms with Crippen molar-refractivity contribution in [1.29, 1.82) is 0 Å². The van der Waals surface area contributed by atoms with E-state index < -0.39 is 5.91 Å². The van der Waals surface area contributed by atoms with Gasteiger partial charge in [-0.15, -0.1) is 4.68 Å². The Bertz CT molecular complexity index is 1090. The van der Waals surface area contributed by atoms with Crippen LogP contribution in [0.2, 0.25) is 5.02 Å². The van der Waals surface area contributed by atoms with Crippen LogP contribution in [-0.2, 0) is 4.79 Å². The molecule has 1 amide bonds. The summed E-state index contributed by atoms with van der Waals surface area (Å²) in [5, 5.41) is 0.530. The van der Waals surface area contributed by atoms with Crippen LogP contribution in [0.4, 0.5) is 0 Å². The largest absolute Gasteiger partial charge is 0.365 e. The summed E-state index contributed by atoms with van der Waals surface area (Å²) in [7, 11) is 1.55. The number of rotatable bonds is 2. The van der Waals surface area contributed by atoms with Crippen LogP contribution in [0, 0.1) is 11.8 Å². The van der Waals surface area contributed by atoms with Gasteiger partial charge >= 0.3 is 5.84 Å². The van der Waals surface area contributed by atoms with Crippen LogP contribution < -0.4 is 11.2 Å². The number of nitrogens with zero attached hydrogens (tertiary/aromatic N) is 4. The number of hydrogen-bond acceptors (Lipinski definition) is 4. The third-order valence-electron chi connectivity index (χ3n) is 4.36. The molecule has 1 aliphatic heterocycles. The first-order valence-electron chi connectivity index (χ1n) is 8.06. The van der Waals surface area contributed by atoms with E-state index in [1.165, 1.54) is 17.5 Å². The molecule has 1 aromatic carbocycles. The number of aliphatic imine (C=N–C) groups is 1. The number of primary amides is 1. The summed E-state index contributed by atoms with van der Waals surface area (Å²) >= 11 is 6.41. The van der Waals surface area contributed by atoms with E-state index in [1.54, 1.807) is 7.05 Å². The lowest BCUT2D eigenvalue weighted by Crippen LogP contribution is -2.26. The van der Waals surface area contributed by atoms with Crippen molar-refractivity contribution in [3.63, 3.8) is 0 Å². The molecular weight excluding hydrogens is 352 g/mol. The van der Waals surface area contributed by atoms with Gasteiger partial charge < -0.3 is 10.3 Å². The van der Waals surface area contributed by atoms with Crippen LogP contribution in [0.5, 0.6) is 0 Å². The van der Waals surface area contributed by atoms with E-state index in [9.17, 15) is 4.79 Å². The first-order valence-corrected chi connectivity index (χ1v) is 8.44. The highest BCUT2D eigenvalue weighted by atomic mass is 35.5. The first-order chi connectivity index (χ1) is 12.5. The fraction of sp³-hybridized carbons (Fsp3) is 0.222. The molecule has 130 valence electrons. The lowest BCUT2D eigenvalue weighted by Gasteiger charge is -2.02. The lowest BCUT2D eigenvalue weighted by molar-refractivity contribution is -0.449. The summed E-state index contributed by atoms with van der Waals surface area (Å²) in [6.45, 7) is 3.75. The van der Waals surface area contributed by atoms with Crippen LogP contribution in [0.3, 0.4) is 0 Å². The number of imidazole rings is 1. The van der Waals surface area contributed by atoms with E-state index in [0.29, 0.717) is 28.2 Å². The fourth-order valence-electron chi connectivity index (χ4n) is 2.96. The fourth-order valence-corrected chi connectivity index (χ4v) is 3.17. The molecule has 0 unspecified atom stereocenters. The zero-order valence-electron chi connectivity index (χ0n) is 14.1. The highest BCUT2D eigenvalue weighted by molar-refractivity contribution is 6.32. The van der Waals surface area contributed by atoms with E-state index in [-0.39, 0.29) is 5.57 Å². The van der Waals surface area contributed by atoms with Gasteiger partial charge in [-0.25, -0.2) is 10.4 Å². The number of amides is 1. The average molecular weight is 368 g/mol. The molecule has 2 heterocycles. The molecule has 1 saturated carbocycles. The number of halogens is 1. The zero-order chi connectivity index (χ0) is 18.4. The van der Waals surface area contributed by atoms with E-state index in [4.69, 9.17) is 17.3 Å². The minimum absolute atomic E-state index is 0.199. The molecule has 0 radical (unpaired) electrons. The Morgan fingerprint density at radius 1 is 1.50 bits per heavy atom. The van der Waals surface area contributed by atoms with Gasteiger partial charge in [0.2, 0.25) is 0 Å². The van der Waals surface area contributed by atoms with Gasteiger partial charge in [-0.3, -0.25) is 4.79 Å². The third kappa shape index (κ3) is 2.65. The Hall–Kier alpha value is -3.11. The van der Waals surface area contributed by atoms with Gasteiger partial charge in [-0.1, -0.05) is 22.5 Å². The van der Waals surface area contributed by atoms with Crippen molar-refractivity contribution >= 4 is 41.1 Å². The lowest BCUT2D eigenvalue weighted by atomic mass is 10.1. The number of fused-ring (bicyclic) bond motifs is 1. The second-order valence-electron chi connectivity index (χ2n) is 6.16. The van der Waals surface area contributed by atoms with E-state index in [0.717, 1.165) is 11.0 Å². The number of aromatic nitrogens is 2. The number of hydrazone groups is 1. The van der Waals surface area contributed by atoms with E-state index >= 15 is 0 Å². The molecule has 0 atom stereocenters. The molecule has 0 bridgehead atoms. The standard InChI is InChI=1S/C18H15ClN6O/c1-21-18-16(17(20)26)13(23-24(18)2)6-3-10-7-14-15(8-12(10)19)25(9-22-14)11-4-5-11/h7-9,11H,2,4-5H2,1H3,(H2-,20,21,23,26)/p+1. The Labute approximate surface area is 154 Å². The Morgan fingerprint density at radius 2 is 2.27 bits per heavy atom. The van der Waals surface area contributed by atoms with Crippen LogP contribution in [-0.4, -0.2) is 39.7 Å². The quantitative estimate of drug-likeness (QED) is 0.620. The van der Waals surface area contributed by atoms with Crippen molar-refractivity contribution < 1.29 is 9.48 Å². The van der Waals surface area contributed by atoms with Crippen molar-refractivity contribution in [3.8, 4) is 11.8 Å². The molecule has 1 aliphatic carbocycles. The van der Waals surface area contributed by atoms with Gasteiger partial charge in [-0.05, 0) is 30.9 Å². The van der Waals surface area contributed by atoms with E-state index in [2.05, 4.69) is 38.5 Å². The smallest absolute Gasteiger partial charge is 0.355 e. The van der Waals surface area contributed by atoms with Gasteiger partial charge in [0.1, 0.15) is 12.7 Å². The molecule has 2 aromatic rings. The number of carbonyl (C=O) groups is 1. The van der Waals surface area contributed by atoms with Gasteiger partial charge in [-0.2, -0.15) is 0 Å². The highest BCUT2D eigenvalue weighted by Gasteiger charge is 2.34. The van der Waals surface area contributed by atoms with Crippen LogP contribution >= 0.6 is 11.6 Å². The zero-order valence-corrected chi connectivity index (χ0v) is 14.8. The van der Waals surface area contributed by atoms with Gasteiger partial charge in [0.05, 0.1) is 29.1 Å². The summed E-state index contributed by atoms with van der Waals surface area (Å²) < 4.78 is 3.50.